The molecule has 0 spiro atoms. The smallest absolute Gasteiger partial charge is 0.414 e. The zero-order valence-electron chi connectivity index (χ0n) is 12.8. The summed E-state index contributed by atoms with van der Waals surface area (Å²) < 4.78 is 5.43. The van der Waals surface area contributed by atoms with Crippen molar-refractivity contribution in [2.45, 2.75) is 39.2 Å². The number of pyridine rings is 1. The van der Waals surface area contributed by atoms with Gasteiger partial charge in [0.25, 0.3) is 0 Å². The van der Waals surface area contributed by atoms with Crippen LogP contribution in [0.5, 0.6) is 0 Å². The summed E-state index contributed by atoms with van der Waals surface area (Å²) in [5.74, 6) is 0. The van der Waals surface area contributed by atoms with Gasteiger partial charge in [0.1, 0.15) is 5.60 Å². The molecule has 114 valence electrons. The van der Waals surface area contributed by atoms with Gasteiger partial charge in [0, 0.05) is 6.54 Å². The second kappa shape index (κ2) is 5.85. The van der Waals surface area contributed by atoms with E-state index in [1.165, 1.54) is 0 Å². The first-order valence-electron chi connectivity index (χ1n) is 7.11. The third kappa shape index (κ3) is 3.61. The molecule has 5 heteroatoms. The summed E-state index contributed by atoms with van der Waals surface area (Å²) in [5.41, 5.74) is 2.35. The second-order valence-corrected chi connectivity index (χ2v) is 6.16. The highest BCUT2D eigenvalue weighted by molar-refractivity contribution is 5.89. The van der Waals surface area contributed by atoms with Crippen molar-refractivity contribution in [3.8, 4) is 0 Å². The molecule has 21 heavy (non-hydrogen) atoms. The molecule has 1 N–H and O–H groups in total. The second-order valence-electron chi connectivity index (χ2n) is 6.16. The number of ether oxygens (including phenoxy) is 1. The van der Waals surface area contributed by atoms with Crippen molar-refractivity contribution < 1.29 is 14.6 Å². The molecule has 1 aromatic rings. The van der Waals surface area contributed by atoms with E-state index in [0.29, 0.717) is 17.8 Å². The van der Waals surface area contributed by atoms with Gasteiger partial charge in [-0.25, -0.2) is 4.79 Å². The van der Waals surface area contributed by atoms with Crippen LogP contribution in [0.2, 0.25) is 0 Å². The average Bonchev–Trinajstić information content (AvgIpc) is 2.43. The van der Waals surface area contributed by atoms with Crippen LogP contribution in [0, 0.1) is 0 Å². The van der Waals surface area contributed by atoms with Crippen LogP contribution in [0.1, 0.15) is 38.6 Å². The highest BCUT2D eigenvalue weighted by Gasteiger charge is 2.28. The van der Waals surface area contributed by atoms with Gasteiger partial charge in [-0.3, -0.25) is 9.88 Å². The molecule has 5 nitrogen and oxygen atoms in total. The number of carbonyl (C=O) groups is 1. The van der Waals surface area contributed by atoms with Gasteiger partial charge < -0.3 is 9.84 Å². The third-order valence-electron chi connectivity index (χ3n) is 3.20. The number of anilines is 1. The number of aliphatic hydroxyl groups excluding tert-OH is 1. The SMILES string of the molecule is C=C(CO)c1ccc2c(n1)CCCN2C(=O)OC(C)(C)C. The molecule has 1 aliphatic rings. The fraction of sp³-hybridized carbons (Fsp3) is 0.500. The average molecular weight is 290 g/mol. The van der Waals surface area contributed by atoms with Crippen LogP contribution in [-0.2, 0) is 11.2 Å². The van der Waals surface area contributed by atoms with Crippen molar-refractivity contribution in [3.05, 3.63) is 30.1 Å². The monoisotopic (exact) mass is 290 g/mol. The Morgan fingerprint density at radius 1 is 1.48 bits per heavy atom. The van der Waals surface area contributed by atoms with Gasteiger partial charge in [0.2, 0.25) is 0 Å². The van der Waals surface area contributed by atoms with Gasteiger partial charge in [0.05, 0.1) is 23.7 Å². The number of carbonyl (C=O) groups excluding carboxylic acids is 1. The minimum Gasteiger partial charge on any atom is -0.443 e. The minimum absolute atomic E-state index is 0.123. The lowest BCUT2D eigenvalue weighted by Gasteiger charge is -2.31. The maximum atomic E-state index is 12.3. The maximum absolute atomic E-state index is 12.3. The zero-order chi connectivity index (χ0) is 15.6. The van der Waals surface area contributed by atoms with Crippen LogP contribution in [0.15, 0.2) is 18.7 Å². The van der Waals surface area contributed by atoms with Crippen LogP contribution in [0.25, 0.3) is 5.57 Å². The normalized spacial score (nSPS) is 14.6. The van der Waals surface area contributed by atoms with Crippen LogP contribution in [0.4, 0.5) is 10.5 Å². The van der Waals surface area contributed by atoms with Crippen molar-refractivity contribution in [2.75, 3.05) is 18.1 Å². The van der Waals surface area contributed by atoms with Gasteiger partial charge in [-0.15, -0.1) is 0 Å². The topological polar surface area (TPSA) is 62.7 Å². The van der Waals surface area contributed by atoms with Crippen LogP contribution in [-0.4, -0.2) is 34.9 Å². The number of hydrogen-bond donors (Lipinski definition) is 1. The predicted molar refractivity (Wildman–Crippen MR) is 82.3 cm³/mol. The fourth-order valence-electron chi connectivity index (χ4n) is 2.23. The van der Waals surface area contributed by atoms with Gasteiger partial charge >= 0.3 is 6.09 Å². The quantitative estimate of drug-likeness (QED) is 0.909. The Balaban J connectivity index is 2.28. The van der Waals surface area contributed by atoms with E-state index in [-0.39, 0.29) is 12.7 Å². The number of nitrogens with zero attached hydrogens (tertiary/aromatic N) is 2. The number of aliphatic hydroxyl groups is 1. The van der Waals surface area contributed by atoms with E-state index in [4.69, 9.17) is 9.84 Å². The molecule has 0 bridgehead atoms. The molecule has 1 amide bonds. The van der Waals surface area contributed by atoms with Crippen molar-refractivity contribution in [1.82, 2.24) is 4.98 Å². The number of hydrogen-bond acceptors (Lipinski definition) is 4. The van der Waals surface area contributed by atoms with E-state index in [1.54, 1.807) is 11.0 Å². The van der Waals surface area contributed by atoms with Gasteiger partial charge in [-0.1, -0.05) is 6.58 Å². The molecule has 0 saturated heterocycles. The van der Waals surface area contributed by atoms with Crippen molar-refractivity contribution in [1.29, 1.82) is 0 Å². The number of aromatic nitrogens is 1. The summed E-state index contributed by atoms with van der Waals surface area (Å²) in [6.45, 7) is 9.83. The third-order valence-corrected chi connectivity index (χ3v) is 3.20. The molecule has 0 radical (unpaired) electrons. The Bertz CT molecular complexity index is 561. The van der Waals surface area contributed by atoms with E-state index >= 15 is 0 Å². The first-order chi connectivity index (χ1) is 9.81. The Morgan fingerprint density at radius 2 is 2.19 bits per heavy atom. The highest BCUT2D eigenvalue weighted by atomic mass is 16.6. The molecular formula is C16H22N2O3. The first-order valence-corrected chi connectivity index (χ1v) is 7.11. The van der Waals surface area contributed by atoms with E-state index < -0.39 is 5.60 Å². The molecular weight excluding hydrogens is 268 g/mol. The number of rotatable bonds is 2. The molecule has 0 atom stereocenters. The lowest BCUT2D eigenvalue weighted by molar-refractivity contribution is 0.0577. The minimum atomic E-state index is -0.521. The summed E-state index contributed by atoms with van der Waals surface area (Å²) in [4.78, 5) is 18.4. The van der Waals surface area contributed by atoms with Crippen LogP contribution >= 0.6 is 0 Å². The highest BCUT2D eigenvalue weighted by Crippen LogP contribution is 2.28. The predicted octanol–water partition coefficient (Wildman–Crippen LogP) is 2.77. The Hall–Kier alpha value is -1.88. The lowest BCUT2D eigenvalue weighted by Crippen LogP contribution is -2.40. The Kier molecular flexibility index (Phi) is 4.32. The van der Waals surface area contributed by atoms with E-state index in [9.17, 15) is 4.79 Å². The molecule has 0 aliphatic carbocycles. The standard InChI is InChI=1S/C16H22N2O3/c1-11(10-19)12-7-8-14-13(17-12)6-5-9-18(14)15(20)21-16(2,3)4/h7-8,19H,1,5-6,9-10H2,2-4H3. The van der Waals surface area contributed by atoms with Crippen molar-refractivity contribution in [3.63, 3.8) is 0 Å². The summed E-state index contributed by atoms with van der Waals surface area (Å²) in [6, 6.07) is 3.63. The zero-order valence-corrected chi connectivity index (χ0v) is 12.8. The van der Waals surface area contributed by atoms with Crippen LogP contribution in [0.3, 0.4) is 0 Å². The van der Waals surface area contributed by atoms with Gasteiger partial charge in [-0.2, -0.15) is 0 Å². The Labute approximate surface area is 125 Å². The molecule has 0 aromatic carbocycles. The summed E-state index contributed by atoms with van der Waals surface area (Å²) in [5, 5.41) is 9.14. The Morgan fingerprint density at radius 3 is 2.81 bits per heavy atom. The number of aryl methyl sites for hydroxylation is 1. The molecule has 0 unspecified atom stereocenters. The fourth-order valence-corrected chi connectivity index (χ4v) is 2.23. The maximum Gasteiger partial charge on any atom is 0.414 e. The van der Waals surface area contributed by atoms with Gasteiger partial charge in [-0.05, 0) is 51.3 Å². The molecule has 1 aromatic heterocycles. The van der Waals surface area contributed by atoms with Crippen molar-refractivity contribution >= 4 is 17.4 Å². The van der Waals surface area contributed by atoms with E-state index in [0.717, 1.165) is 24.2 Å². The number of amides is 1. The van der Waals surface area contributed by atoms with Gasteiger partial charge in [0.15, 0.2) is 0 Å². The molecule has 1 aliphatic heterocycles. The molecule has 0 fully saturated rings. The summed E-state index contributed by atoms with van der Waals surface area (Å²) >= 11 is 0. The van der Waals surface area contributed by atoms with E-state index in [1.807, 2.05) is 26.8 Å². The number of fused-ring (bicyclic) bond motifs is 1. The molecule has 2 rings (SSSR count). The molecule has 0 saturated carbocycles. The first kappa shape index (κ1) is 15.5. The summed E-state index contributed by atoms with van der Waals surface area (Å²) in [6.07, 6.45) is 1.30. The summed E-state index contributed by atoms with van der Waals surface area (Å²) in [7, 11) is 0. The largest absolute Gasteiger partial charge is 0.443 e. The van der Waals surface area contributed by atoms with Crippen molar-refractivity contribution in [2.24, 2.45) is 0 Å². The molecule has 2 heterocycles. The van der Waals surface area contributed by atoms with E-state index in [2.05, 4.69) is 11.6 Å². The lowest BCUT2D eigenvalue weighted by atomic mass is 10.1. The van der Waals surface area contributed by atoms with Crippen LogP contribution < -0.4 is 4.90 Å².